The second kappa shape index (κ2) is 0.882. The molecule has 0 amide bonds. The van der Waals surface area contributed by atoms with Gasteiger partial charge in [-0.2, -0.15) is 0 Å². The van der Waals surface area contributed by atoms with E-state index in [1.54, 1.807) is 25.7 Å². The van der Waals surface area contributed by atoms with Crippen LogP contribution in [0.5, 0.6) is 0 Å². The van der Waals surface area contributed by atoms with Crippen LogP contribution in [0.1, 0.15) is 31.2 Å². The van der Waals surface area contributed by atoms with Crippen LogP contribution in [0, 0.1) is 0 Å². The van der Waals surface area contributed by atoms with E-state index in [1.165, 1.54) is 43.3 Å². The van der Waals surface area contributed by atoms with Gasteiger partial charge in [0, 0.05) is 0 Å². The number of rotatable bonds is 2. The summed E-state index contributed by atoms with van der Waals surface area (Å²) in [6.45, 7) is -2.96. The molecule has 1 saturated carbocycles. The van der Waals surface area contributed by atoms with Gasteiger partial charge in [-0.3, -0.25) is 0 Å². The van der Waals surface area contributed by atoms with Crippen molar-refractivity contribution in [1.82, 2.24) is 0 Å². The molecule has 0 nitrogen and oxygen atoms in total. The molecular formula is C21H22Fe. The Morgan fingerprint density at radius 3 is 1.68 bits per heavy atom. The summed E-state index contributed by atoms with van der Waals surface area (Å²) in [6, 6.07) is 12.1. The summed E-state index contributed by atoms with van der Waals surface area (Å²) in [5.74, 6) is 0. The van der Waals surface area contributed by atoms with Gasteiger partial charge in [0.1, 0.15) is 0 Å². The van der Waals surface area contributed by atoms with Crippen LogP contribution in [0.3, 0.4) is 0 Å². The third-order valence-corrected chi connectivity index (χ3v) is 60.8. The van der Waals surface area contributed by atoms with Crippen LogP contribution >= 0.6 is 0 Å². The molecule has 0 bridgehead atoms. The van der Waals surface area contributed by atoms with Gasteiger partial charge in [-0.05, 0) is 0 Å². The number of fused-ring (bicyclic) bond motifs is 10. The minimum absolute atomic E-state index is 0.725. The fraction of sp³-hybridized carbons (Fsp3) is 0.714. The average Bonchev–Trinajstić information content (AvgIpc) is 3.47. The summed E-state index contributed by atoms with van der Waals surface area (Å²) in [5.41, 5.74) is 2.56. The van der Waals surface area contributed by atoms with Gasteiger partial charge in [-0.1, -0.05) is 0 Å². The Bertz CT molecular complexity index is 1170. The molecule has 1 aromatic carbocycles. The maximum atomic E-state index is 2.57. The first kappa shape index (κ1) is 8.72. The van der Waals surface area contributed by atoms with Crippen molar-refractivity contribution in [2.75, 3.05) is 0 Å². The van der Waals surface area contributed by atoms with Gasteiger partial charge in [0.05, 0.1) is 0 Å². The van der Waals surface area contributed by atoms with Gasteiger partial charge >= 0.3 is 121 Å². The summed E-state index contributed by atoms with van der Waals surface area (Å²) >= 11 is 0. The Kier molecular flexibility index (Phi) is 0.350. The summed E-state index contributed by atoms with van der Waals surface area (Å²) in [4.78, 5) is 13.4. The minimum atomic E-state index is -2.96. The van der Waals surface area contributed by atoms with Crippen LogP contribution < -0.4 is 0 Å². The first-order valence-corrected chi connectivity index (χ1v) is 16.2. The third-order valence-electron chi connectivity index (χ3n) is 18.2. The van der Waals surface area contributed by atoms with Gasteiger partial charge in [0.15, 0.2) is 0 Å². The summed E-state index contributed by atoms with van der Waals surface area (Å²) < 4.78 is 1.07. The van der Waals surface area contributed by atoms with Crippen molar-refractivity contribution in [3.05, 3.63) is 35.9 Å². The molecule has 22 heavy (non-hydrogen) atoms. The fourth-order valence-electron chi connectivity index (χ4n) is 20.2. The first-order valence-electron chi connectivity index (χ1n) is 9.88. The van der Waals surface area contributed by atoms with Crippen LogP contribution in [-0.2, 0) is 11.9 Å². The van der Waals surface area contributed by atoms with Gasteiger partial charge < -0.3 is 0 Å². The normalized spacial score (nSPS) is 101. The molecule has 11 fully saturated rings. The van der Waals surface area contributed by atoms with Crippen LogP contribution in [0.15, 0.2) is 30.3 Å². The Labute approximate surface area is 121 Å². The van der Waals surface area contributed by atoms with Gasteiger partial charge in [-0.25, -0.2) is 0 Å². The number of benzene rings is 1. The topological polar surface area (TPSA) is 0 Å². The van der Waals surface area contributed by atoms with E-state index in [2.05, 4.69) is 30.3 Å². The van der Waals surface area contributed by atoms with E-state index in [0.29, 0.717) is 0 Å². The molecule has 114 valence electrons. The van der Waals surface area contributed by atoms with Crippen LogP contribution in [0.4, 0.5) is 0 Å². The molecule has 10 heterocycles. The fourth-order valence-corrected chi connectivity index (χ4v) is 96.0. The van der Waals surface area contributed by atoms with Crippen molar-refractivity contribution in [3.8, 4) is 0 Å². The Hall–Kier alpha value is -0.261. The number of hydrogen-bond acceptors (Lipinski definition) is 0. The molecule has 0 N–H and O–H groups in total. The molecule has 10 aliphatic heterocycles. The summed E-state index contributed by atoms with van der Waals surface area (Å²) in [6.07, 6.45) is 6.29. The predicted octanol–water partition coefficient (Wildman–Crippen LogP) is 6.26. The SMILES string of the molecule is c1ccc(C2([C]34[CH]5[CH]6[CH]7[CH]3[Fe]6754389%10[CH]4[CH]3[CH]8[CH]9[CH]4%10)CCCC2)cc1. The zero-order valence-electron chi connectivity index (χ0n) is 12.8. The van der Waals surface area contributed by atoms with E-state index < -0.39 is 6.51 Å². The Morgan fingerprint density at radius 2 is 1.27 bits per heavy atom. The molecule has 12 rings (SSSR count). The molecule has 1 heteroatoms. The Balaban J connectivity index is 1.38. The molecule has 0 radical (unpaired) electrons. The molecule has 1 spiro atoms. The summed E-state index contributed by atoms with van der Waals surface area (Å²) in [7, 11) is 0. The van der Waals surface area contributed by atoms with Crippen molar-refractivity contribution in [2.24, 2.45) is 0 Å². The van der Waals surface area contributed by atoms with E-state index in [0.717, 1.165) is 9.73 Å². The van der Waals surface area contributed by atoms with E-state index in [9.17, 15) is 0 Å². The van der Waals surface area contributed by atoms with Gasteiger partial charge in [0.2, 0.25) is 0 Å². The van der Waals surface area contributed by atoms with Crippen molar-refractivity contribution < 1.29 is 6.51 Å². The second-order valence-corrected chi connectivity index (χ2v) is 36.9. The van der Waals surface area contributed by atoms with Crippen molar-refractivity contribution in [1.29, 1.82) is 0 Å². The monoisotopic (exact) mass is 330 g/mol. The van der Waals surface area contributed by atoms with Crippen molar-refractivity contribution in [3.63, 3.8) is 0 Å². The standard InChI is InChI=1S/C16H17.C5H5.Fe/c1-2-8-14(9-3-1)16(12-6-7-13-16)15-10-4-5-11-15;1-2-4-5-3-1;/h1-5,8-11H,6-7,12-13H2;1-5H;. The van der Waals surface area contributed by atoms with Gasteiger partial charge in [-0.15, -0.1) is 0 Å². The predicted molar refractivity (Wildman–Crippen MR) is 83.0 cm³/mol. The molecule has 1 aromatic rings. The third kappa shape index (κ3) is 0.116. The van der Waals surface area contributed by atoms with E-state index in [4.69, 9.17) is 0 Å². The molecule has 0 aromatic heterocycles. The van der Waals surface area contributed by atoms with Crippen LogP contribution in [0.2, 0.25) is 47.7 Å². The summed E-state index contributed by atoms with van der Waals surface area (Å²) in [5, 5.41) is 0. The molecule has 10 saturated heterocycles. The van der Waals surface area contributed by atoms with Crippen molar-refractivity contribution >= 4 is 0 Å². The van der Waals surface area contributed by atoms with E-state index in [1.807, 2.05) is 5.56 Å². The van der Waals surface area contributed by atoms with E-state index >= 15 is 0 Å². The molecule has 4 unspecified atom stereocenters. The molecular weight excluding hydrogens is 308 g/mol. The van der Waals surface area contributed by atoms with Crippen LogP contribution in [0.25, 0.3) is 0 Å². The van der Waals surface area contributed by atoms with Crippen molar-refractivity contribution in [2.45, 2.75) is 78.8 Å². The molecule has 1 aliphatic carbocycles. The Morgan fingerprint density at radius 1 is 0.727 bits per heavy atom. The second-order valence-electron chi connectivity index (χ2n) is 13.3. The average molecular weight is 330 g/mol. The molecule has 4 atom stereocenters. The number of hydrogen-bond donors (Lipinski definition) is 0. The molecule has 11 aliphatic rings. The van der Waals surface area contributed by atoms with Crippen LogP contribution in [-0.4, -0.2) is 0 Å². The maximum absolute atomic E-state index is 2.96. The van der Waals surface area contributed by atoms with Gasteiger partial charge in [0.25, 0.3) is 0 Å². The zero-order chi connectivity index (χ0) is 13.5. The zero-order valence-corrected chi connectivity index (χ0v) is 13.9. The first-order chi connectivity index (χ1) is 10.6. The van der Waals surface area contributed by atoms with E-state index in [-0.39, 0.29) is 0 Å². The quantitative estimate of drug-likeness (QED) is 0.562.